The minimum atomic E-state index is -0.966. The molecule has 0 fully saturated rings. The first kappa shape index (κ1) is 16.6. The van der Waals surface area contributed by atoms with Crippen LogP contribution in [0, 0.1) is 11.3 Å². The van der Waals surface area contributed by atoms with Gasteiger partial charge in [-0.15, -0.1) is 0 Å². The van der Waals surface area contributed by atoms with Crippen molar-refractivity contribution >= 4 is 5.97 Å². The molecular weight excluding hydrogens is 294 g/mol. The number of carboxylic acids is 1. The Morgan fingerprint density at radius 2 is 2.00 bits per heavy atom. The van der Waals surface area contributed by atoms with E-state index in [0.29, 0.717) is 13.0 Å². The number of carboxylic acid groups (broad SMARTS) is 1. The van der Waals surface area contributed by atoms with Crippen molar-refractivity contribution in [2.75, 3.05) is 0 Å². The van der Waals surface area contributed by atoms with E-state index in [9.17, 15) is 9.90 Å². The average molecular weight is 313 g/mol. The number of hydrogen-bond acceptors (Lipinski definition) is 4. The largest absolute Gasteiger partial charge is 0.493 e. The van der Waals surface area contributed by atoms with Crippen LogP contribution in [0.1, 0.15) is 53.4 Å². The fourth-order valence-corrected chi connectivity index (χ4v) is 2.42. The molecule has 120 valence electrons. The molecule has 0 atom stereocenters. The van der Waals surface area contributed by atoms with Crippen molar-refractivity contribution in [2.24, 2.45) is 0 Å². The number of rotatable bonds is 6. The lowest BCUT2D eigenvalue weighted by Gasteiger charge is -2.06. The molecule has 1 aromatic carbocycles. The fraction of sp³-hybridized carbons (Fsp3) is 0.353. The molecule has 0 saturated heterocycles. The molecule has 23 heavy (non-hydrogen) atoms. The highest BCUT2D eigenvalue weighted by Crippen LogP contribution is 2.29. The molecule has 0 aliphatic heterocycles. The van der Waals surface area contributed by atoms with Crippen molar-refractivity contribution in [3.8, 4) is 11.9 Å². The maximum Gasteiger partial charge on any atom is 0.335 e. The Kier molecular flexibility index (Phi) is 5.02. The van der Waals surface area contributed by atoms with Gasteiger partial charge in [0.05, 0.1) is 30.3 Å². The summed E-state index contributed by atoms with van der Waals surface area (Å²) in [6.45, 7) is 4.33. The maximum absolute atomic E-state index is 10.9. The van der Waals surface area contributed by atoms with E-state index in [4.69, 9.17) is 10.4 Å². The molecule has 2 N–H and O–H groups in total. The van der Waals surface area contributed by atoms with Gasteiger partial charge in [0, 0.05) is 12.0 Å². The average Bonchev–Trinajstić information content (AvgIpc) is 2.83. The lowest BCUT2D eigenvalue weighted by molar-refractivity contribution is 0.0697. The maximum atomic E-state index is 10.9. The zero-order valence-electron chi connectivity index (χ0n) is 13.2. The predicted octanol–water partition coefficient (Wildman–Crippen LogP) is 2.91. The normalized spacial score (nSPS) is 10.7. The third kappa shape index (κ3) is 3.69. The number of nitrogens with zero attached hydrogens (tertiary/aromatic N) is 3. The smallest absolute Gasteiger partial charge is 0.335 e. The van der Waals surface area contributed by atoms with Gasteiger partial charge in [-0.3, -0.25) is 0 Å². The van der Waals surface area contributed by atoms with Crippen LogP contribution in [0.5, 0.6) is 5.88 Å². The van der Waals surface area contributed by atoms with Crippen LogP contribution in [-0.4, -0.2) is 26.0 Å². The van der Waals surface area contributed by atoms with E-state index in [1.807, 2.05) is 19.9 Å². The lowest BCUT2D eigenvalue weighted by atomic mass is 9.99. The highest BCUT2D eigenvalue weighted by molar-refractivity contribution is 5.87. The van der Waals surface area contributed by atoms with Gasteiger partial charge in [0.2, 0.25) is 5.88 Å². The highest BCUT2D eigenvalue weighted by atomic mass is 16.4. The van der Waals surface area contributed by atoms with Gasteiger partial charge in [0.15, 0.2) is 0 Å². The van der Waals surface area contributed by atoms with Crippen molar-refractivity contribution in [1.29, 1.82) is 5.26 Å². The molecule has 0 aliphatic rings. The molecule has 1 heterocycles. The van der Waals surface area contributed by atoms with Crippen LogP contribution in [0.2, 0.25) is 0 Å². The van der Waals surface area contributed by atoms with Gasteiger partial charge in [-0.1, -0.05) is 26.0 Å². The van der Waals surface area contributed by atoms with Gasteiger partial charge < -0.3 is 10.2 Å². The molecule has 0 bridgehead atoms. The summed E-state index contributed by atoms with van der Waals surface area (Å²) in [5, 5.41) is 32.4. The highest BCUT2D eigenvalue weighted by Gasteiger charge is 2.19. The number of nitriles is 1. The third-order valence-corrected chi connectivity index (χ3v) is 3.62. The number of aryl methyl sites for hydroxylation is 1. The SMILES string of the molecule is CC(C)c1nn(CCC#N)c(O)c1Cc1ccc(C(=O)O)cc1. The van der Waals surface area contributed by atoms with Crippen molar-refractivity contribution in [1.82, 2.24) is 9.78 Å². The van der Waals surface area contributed by atoms with E-state index in [-0.39, 0.29) is 23.8 Å². The monoisotopic (exact) mass is 313 g/mol. The van der Waals surface area contributed by atoms with Crippen LogP contribution in [0.4, 0.5) is 0 Å². The molecule has 0 spiro atoms. The second-order valence-corrected chi connectivity index (χ2v) is 5.65. The number of aromatic carboxylic acids is 1. The Bertz CT molecular complexity index is 740. The Hall–Kier alpha value is -2.81. The van der Waals surface area contributed by atoms with E-state index >= 15 is 0 Å². The van der Waals surface area contributed by atoms with E-state index in [2.05, 4.69) is 5.10 Å². The van der Waals surface area contributed by atoms with Gasteiger partial charge >= 0.3 is 5.97 Å². The van der Waals surface area contributed by atoms with E-state index in [0.717, 1.165) is 16.8 Å². The summed E-state index contributed by atoms with van der Waals surface area (Å²) in [7, 11) is 0. The molecule has 0 unspecified atom stereocenters. The summed E-state index contributed by atoms with van der Waals surface area (Å²) in [6.07, 6.45) is 0.741. The van der Waals surface area contributed by atoms with Crippen LogP contribution in [0.3, 0.4) is 0 Å². The van der Waals surface area contributed by atoms with Crippen molar-refractivity contribution < 1.29 is 15.0 Å². The zero-order chi connectivity index (χ0) is 17.0. The van der Waals surface area contributed by atoms with Gasteiger partial charge in [0.1, 0.15) is 0 Å². The molecule has 2 rings (SSSR count). The zero-order valence-corrected chi connectivity index (χ0v) is 13.2. The molecule has 0 radical (unpaired) electrons. The summed E-state index contributed by atoms with van der Waals surface area (Å²) >= 11 is 0. The second-order valence-electron chi connectivity index (χ2n) is 5.65. The molecule has 0 saturated carbocycles. The molecule has 6 nitrogen and oxygen atoms in total. The van der Waals surface area contributed by atoms with Crippen LogP contribution in [0.15, 0.2) is 24.3 Å². The van der Waals surface area contributed by atoms with Crippen LogP contribution in [-0.2, 0) is 13.0 Å². The quantitative estimate of drug-likeness (QED) is 0.854. The van der Waals surface area contributed by atoms with Crippen molar-refractivity contribution in [3.63, 3.8) is 0 Å². The Morgan fingerprint density at radius 1 is 1.35 bits per heavy atom. The molecule has 2 aromatic rings. The lowest BCUT2D eigenvalue weighted by Crippen LogP contribution is -2.00. The van der Waals surface area contributed by atoms with E-state index < -0.39 is 5.97 Å². The molecule has 6 heteroatoms. The van der Waals surface area contributed by atoms with Gasteiger partial charge in [0.25, 0.3) is 0 Å². The predicted molar refractivity (Wildman–Crippen MR) is 84.4 cm³/mol. The Labute approximate surface area is 134 Å². The van der Waals surface area contributed by atoms with Gasteiger partial charge in [-0.25, -0.2) is 9.48 Å². The number of carbonyl (C=O) groups is 1. The fourth-order valence-electron chi connectivity index (χ4n) is 2.42. The second kappa shape index (κ2) is 6.97. The van der Waals surface area contributed by atoms with Crippen LogP contribution >= 0.6 is 0 Å². The molecular formula is C17H19N3O3. The standard InChI is InChI=1S/C17H19N3O3/c1-11(2)15-14(16(21)20(19-15)9-3-8-18)10-12-4-6-13(7-5-12)17(22)23/h4-7,11,21H,3,9-10H2,1-2H3,(H,22,23). The molecule has 0 aliphatic carbocycles. The molecule has 1 aromatic heterocycles. The number of aromatic nitrogens is 2. The summed E-state index contributed by atoms with van der Waals surface area (Å²) in [5.74, 6) is -0.754. The Morgan fingerprint density at radius 3 is 2.52 bits per heavy atom. The first-order valence-corrected chi connectivity index (χ1v) is 7.41. The number of aromatic hydroxyl groups is 1. The summed E-state index contributed by atoms with van der Waals surface area (Å²) in [5.41, 5.74) is 2.64. The Balaban J connectivity index is 2.32. The van der Waals surface area contributed by atoms with Crippen molar-refractivity contribution in [2.45, 2.75) is 39.2 Å². The summed E-state index contributed by atoms with van der Waals surface area (Å²) in [6, 6.07) is 8.60. The van der Waals surface area contributed by atoms with Crippen LogP contribution in [0.25, 0.3) is 0 Å². The number of benzene rings is 1. The first-order chi connectivity index (χ1) is 10.9. The van der Waals surface area contributed by atoms with E-state index in [1.165, 1.54) is 4.68 Å². The summed E-state index contributed by atoms with van der Waals surface area (Å²) in [4.78, 5) is 10.9. The molecule has 0 amide bonds. The summed E-state index contributed by atoms with van der Waals surface area (Å²) < 4.78 is 1.46. The minimum Gasteiger partial charge on any atom is -0.493 e. The minimum absolute atomic E-state index is 0.0752. The van der Waals surface area contributed by atoms with Gasteiger partial charge in [-0.05, 0) is 23.6 Å². The third-order valence-electron chi connectivity index (χ3n) is 3.62. The topological polar surface area (TPSA) is 99.1 Å². The first-order valence-electron chi connectivity index (χ1n) is 7.41. The number of hydrogen-bond donors (Lipinski definition) is 2. The van der Waals surface area contributed by atoms with Crippen LogP contribution < -0.4 is 0 Å². The van der Waals surface area contributed by atoms with Gasteiger partial charge in [-0.2, -0.15) is 10.4 Å². The van der Waals surface area contributed by atoms with E-state index in [1.54, 1.807) is 24.3 Å². The van der Waals surface area contributed by atoms with Crippen molar-refractivity contribution in [3.05, 3.63) is 46.6 Å².